The number of aliphatic carboxylic acids is 1. The molecule has 4 aromatic rings. The van der Waals surface area contributed by atoms with Gasteiger partial charge in [0.05, 0.1) is 11.7 Å². The number of aromatic nitrogens is 2. The van der Waals surface area contributed by atoms with Crippen molar-refractivity contribution in [2.75, 3.05) is 0 Å². The maximum Gasteiger partial charge on any atom is 0.303 e. The molecule has 0 aliphatic carbocycles. The van der Waals surface area contributed by atoms with E-state index in [1.54, 1.807) is 0 Å². The van der Waals surface area contributed by atoms with Crippen LogP contribution in [0, 0.1) is 0 Å². The van der Waals surface area contributed by atoms with E-state index in [0.717, 1.165) is 38.9 Å². The van der Waals surface area contributed by atoms with Gasteiger partial charge in [0.2, 0.25) is 0 Å². The molecule has 5 heteroatoms. The highest BCUT2D eigenvalue weighted by Gasteiger charge is 2.11. The molecule has 0 unspecified atom stereocenters. The Hall–Kier alpha value is -3.60. The molecule has 1 aromatic heterocycles. The highest BCUT2D eigenvalue weighted by Crippen LogP contribution is 2.34. The van der Waals surface area contributed by atoms with Gasteiger partial charge in [0, 0.05) is 24.4 Å². The lowest BCUT2D eigenvalue weighted by molar-refractivity contribution is -0.136. The van der Waals surface area contributed by atoms with Gasteiger partial charge in [-0.2, -0.15) is 5.10 Å². The van der Waals surface area contributed by atoms with Gasteiger partial charge in [-0.25, -0.2) is 0 Å². The average Bonchev–Trinajstić information content (AvgIpc) is 3.12. The Morgan fingerprint density at radius 3 is 2.66 bits per heavy atom. The number of hydrogen-bond donors (Lipinski definition) is 1. The van der Waals surface area contributed by atoms with Gasteiger partial charge in [-0.05, 0) is 47.4 Å². The fourth-order valence-corrected chi connectivity index (χ4v) is 3.40. The fourth-order valence-electron chi connectivity index (χ4n) is 3.40. The summed E-state index contributed by atoms with van der Waals surface area (Å²) in [5.74, 6) is -0.0242. The molecule has 0 saturated carbocycles. The number of nitrogens with zero attached hydrogens (tertiary/aromatic N) is 2. The zero-order valence-electron chi connectivity index (χ0n) is 16.2. The Kier molecular flexibility index (Phi) is 5.29. The first-order valence-corrected chi connectivity index (χ1v) is 9.54. The number of fused-ring (bicyclic) bond motifs is 1. The summed E-state index contributed by atoms with van der Waals surface area (Å²) in [4.78, 5) is 11.0. The minimum absolute atomic E-state index is 0.102. The third-order valence-corrected chi connectivity index (χ3v) is 4.97. The third kappa shape index (κ3) is 4.29. The predicted molar refractivity (Wildman–Crippen MR) is 113 cm³/mol. The van der Waals surface area contributed by atoms with E-state index in [1.165, 1.54) is 0 Å². The van der Waals surface area contributed by atoms with Gasteiger partial charge in [-0.1, -0.05) is 42.5 Å². The number of benzene rings is 3. The van der Waals surface area contributed by atoms with Crippen LogP contribution in [0.4, 0.5) is 0 Å². The van der Waals surface area contributed by atoms with E-state index in [-0.39, 0.29) is 6.42 Å². The normalized spacial score (nSPS) is 10.9. The molecule has 0 radical (unpaired) electrons. The Bertz CT molecular complexity index is 1150. The quantitative estimate of drug-likeness (QED) is 0.494. The van der Waals surface area contributed by atoms with Crippen LogP contribution in [0.3, 0.4) is 0 Å². The molecule has 4 rings (SSSR count). The van der Waals surface area contributed by atoms with Crippen LogP contribution < -0.4 is 4.74 Å². The van der Waals surface area contributed by atoms with Crippen molar-refractivity contribution >= 4 is 16.9 Å². The van der Waals surface area contributed by atoms with Crippen molar-refractivity contribution in [3.05, 3.63) is 84.1 Å². The van der Waals surface area contributed by atoms with Crippen LogP contribution in [-0.4, -0.2) is 20.9 Å². The van der Waals surface area contributed by atoms with Crippen LogP contribution in [0.15, 0.2) is 72.9 Å². The van der Waals surface area contributed by atoms with Crippen LogP contribution in [-0.2, 0) is 24.9 Å². The number of ether oxygens (including phenoxy) is 1. The molecule has 0 amide bonds. The minimum atomic E-state index is -0.798. The monoisotopic (exact) mass is 386 g/mol. The molecule has 0 aliphatic rings. The van der Waals surface area contributed by atoms with Crippen LogP contribution in [0.25, 0.3) is 22.0 Å². The second-order valence-corrected chi connectivity index (χ2v) is 7.04. The van der Waals surface area contributed by atoms with E-state index < -0.39 is 5.97 Å². The predicted octanol–water partition coefficient (Wildman–Crippen LogP) is 4.84. The summed E-state index contributed by atoms with van der Waals surface area (Å²) in [6.45, 7) is 0.470. The molecular weight excluding hydrogens is 364 g/mol. The van der Waals surface area contributed by atoms with E-state index in [0.29, 0.717) is 13.0 Å². The summed E-state index contributed by atoms with van der Waals surface area (Å²) in [7, 11) is 1.92. The van der Waals surface area contributed by atoms with E-state index in [4.69, 9.17) is 9.84 Å². The molecule has 146 valence electrons. The van der Waals surface area contributed by atoms with Gasteiger partial charge >= 0.3 is 5.97 Å². The number of carboxylic acids is 1. The van der Waals surface area contributed by atoms with Crippen LogP contribution >= 0.6 is 0 Å². The Morgan fingerprint density at radius 1 is 1.03 bits per heavy atom. The SMILES string of the molecule is Cn1ncc2cc(-c3cc(CCC(=O)O)ccc3OCc3ccccc3)ccc21. The minimum Gasteiger partial charge on any atom is -0.488 e. The van der Waals surface area contributed by atoms with Gasteiger partial charge < -0.3 is 9.84 Å². The topological polar surface area (TPSA) is 64.4 Å². The van der Waals surface area contributed by atoms with Crippen LogP contribution in [0.1, 0.15) is 17.5 Å². The van der Waals surface area contributed by atoms with E-state index in [2.05, 4.69) is 17.2 Å². The van der Waals surface area contributed by atoms with Crippen molar-refractivity contribution in [2.45, 2.75) is 19.4 Å². The smallest absolute Gasteiger partial charge is 0.303 e. The largest absolute Gasteiger partial charge is 0.488 e. The lowest BCUT2D eigenvalue weighted by Crippen LogP contribution is -2.00. The van der Waals surface area contributed by atoms with Crippen molar-refractivity contribution in [1.29, 1.82) is 0 Å². The van der Waals surface area contributed by atoms with Crippen molar-refractivity contribution in [3.63, 3.8) is 0 Å². The number of rotatable bonds is 7. The molecular formula is C24H22N2O3. The summed E-state index contributed by atoms with van der Waals surface area (Å²) in [6.07, 6.45) is 2.43. The van der Waals surface area contributed by atoms with Gasteiger partial charge in [0.25, 0.3) is 0 Å². The lowest BCUT2D eigenvalue weighted by atomic mass is 9.99. The van der Waals surface area contributed by atoms with E-state index in [9.17, 15) is 4.79 Å². The summed E-state index contributed by atoms with van der Waals surface area (Å²) < 4.78 is 7.98. The standard InChI is InChI=1S/C24H22N2O3/c1-26-22-10-9-19(14-20(22)15-25-26)21-13-17(8-12-24(27)28)7-11-23(21)29-16-18-5-3-2-4-6-18/h2-7,9-11,13-15H,8,12,16H2,1H3,(H,27,28). The first-order valence-electron chi connectivity index (χ1n) is 9.54. The molecule has 3 aromatic carbocycles. The number of carbonyl (C=O) groups is 1. The summed E-state index contributed by atoms with van der Waals surface area (Å²) in [5.41, 5.74) is 5.10. The number of hydrogen-bond acceptors (Lipinski definition) is 3. The lowest BCUT2D eigenvalue weighted by Gasteiger charge is -2.14. The second kappa shape index (κ2) is 8.19. The summed E-state index contributed by atoms with van der Waals surface area (Å²) in [6, 6.07) is 22.1. The highest BCUT2D eigenvalue weighted by molar-refractivity contribution is 5.86. The molecule has 29 heavy (non-hydrogen) atoms. The Balaban J connectivity index is 1.69. The Morgan fingerprint density at radius 2 is 1.86 bits per heavy atom. The molecule has 0 spiro atoms. The van der Waals surface area contributed by atoms with Crippen molar-refractivity contribution < 1.29 is 14.6 Å². The van der Waals surface area contributed by atoms with Crippen LogP contribution in [0.2, 0.25) is 0 Å². The number of carboxylic acid groups (broad SMARTS) is 1. The van der Waals surface area contributed by atoms with Crippen molar-refractivity contribution in [3.8, 4) is 16.9 Å². The van der Waals surface area contributed by atoms with Crippen molar-refractivity contribution in [2.24, 2.45) is 7.05 Å². The maximum absolute atomic E-state index is 11.0. The molecule has 0 aliphatic heterocycles. The first kappa shape index (κ1) is 18.7. The third-order valence-electron chi connectivity index (χ3n) is 4.97. The molecule has 1 heterocycles. The second-order valence-electron chi connectivity index (χ2n) is 7.04. The molecule has 5 nitrogen and oxygen atoms in total. The van der Waals surface area contributed by atoms with Gasteiger partial charge in [0.1, 0.15) is 12.4 Å². The first-order chi connectivity index (χ1) is 14.1. The van der Waals surface area contributed by atoms with E-state index >= 15 is 0 Å². The molecule has 0 atom stereocenters. The molecule has 0 saturated heterocycles. The highest BCUT2D eigenvalue weighted by atomic mass is 16.5. The van der Waals surface area contributed by atoms with Crippen LogP contribution in [0.5, 0.6) is 5.75 Å². The number of aryl methyl sites for hydroxylation is 2. The zero-order valence-corrected chi connectivity index (χ0v) is 16.2. The van der Waals surface area contributed by atoms with E-state index in [1.807, 2.05) is 72.5 Å². The Labute approximate surface area is 169 Å². The van der Waals surface area contributed by atoms with Gasteiger partial charge in [-0.15, -0.1) is 0 Å². The molecule has 1 N–H and O–H groups in total. The fraction of sp³-hybridized carbons (Fsp3) is 0.167. The summed E-state index contributed by atoms with van der Waals surface area (Å²) >= 11 is 0. The molecule has 0 bridgehead atoms. The molecule has 0 fully saturated rings. The van der Waals surface area contributed by atoms with Gasteiger partial charge in [0.15, 0.2) is 0 Å². The zero-order chi connectivity index (χ0) is 20.2. The van der Waals surface area contributed by atoms with Gasteiger partial charge in [-0.3, -0.25) is 9.48 Å². The maximum atomic E-state index is 11.0. The average molecular weight is 386 g/mol. The summed E-state index contributed by atoms with van der Waals surface area (Å²) in [5, 5.41) is 14.4. The van der Waals surface area contributed by atoms with Crippen molar-refractivity contribution in [1.82, 2.24) is 9.78 Å².